The van der Waals surface area contributed by atoms with Crippen LogP contribution in [-0.2, 0) is 4.79 Å². The van der Waals surface area contributed by atoms with Gasteiger partial charge in [0, 0.05) is 23.9 Å². The van der Waals surface area contributed by atoms with Gasteiger partial charge in [-0.15, -0.1) is 0 Å². The van der Waals surface area contributed by atoms with E-state index in [4.69, 9.17) is 0 Å². The highest BCUT2D eigenvalue weighted by Gasteiger charge is 2.13. The smallest absolute Gasteiger partial charge is 0.270 e. The van der Waals surface area contributed by atoms with Gasteiger partial charge in [0.25, 0.3) is 11.6 Å². The Morgan fingerprint density at radius 1 is 1.04 bits per heavy atom. The van der Waals surface area contributed by atoms with Gasteiger partial charge in [-0.05, 0) is 29.3 Å². The van der Waals surface area contributed by atoms with Gasteiger partial charge >= 0.3 is 0 Å². The van der Waals surface area contributed by atoms with Crippen molar-refractivity contribution in [3.8, 4) is 0 Å². The second-order valence-electron chi connectivity index (χ2n) is 5.47. The third-order valence-electron chi connectivity index (χ3n) is 3.64. The van der Waals surface area contributed by atoms with E-state index in [0.717, 1.165) is 0 Å². The van der Waals surface area contributed by atoms with Crippen molar-refractivity contribution in [2.45, 2.75) is 0 Å². The van der Waals surface area contributed by atoms with Gasteiger partial charge in [0.15, 0.2) is 0 Å². The van der Waals surface area contributed by atoms with Gasteiger partial charge in [-0.25, -0.2) is 0 Å². The molecule has 0 aliphatic rings. The second kappa shape index (κ2) is 7.85. The van der Waals surface area contributed by atoms with Crippen molar-refractivity contribution in [2.75, 3.05) is 5.32 Å². The number of hydrogen-bond acceptors (Lipinski definition) is 4. The molecule has 0 saturated carbocycles. The number of carbonyl (C=O) groups is 1. The number of aromatic nitrogens is 1. The van der Waals surface area contributed by atoms with E-state index in [1.54, 1.807) is 42.7 Å². The van der Waals surface area contributed by atoms with Crippen LogP contribution in [0.4, 0.5) is 11.4 Å². The molecule has 0 saturated heterocycles. The first-order valence-electron chi connectivity index (χ1n) is 7.86. The summed E-state index contributed by atoms with van der Waals surface area (Å²) in [5, 5.41) is 13.8. The fourth-order valence-electron chi connectivity index (χ4n) is 2.43. The summed E-state index contributed by atoms with van der Waals surface area (Å²) in [4.78, 5) is 27.3. The van der Waals surface area contributed by atoms with E-state index < -0.39 is 4.92 Å². The number of carbonyl (C=O) groups excluding carboxylic acids is 1. The summed E-state index contributed by atoms with van der Waals surface area (Å²) in [6.45, 7) is 0. The zero-order chi connectivity index (χ0) is 18.4. The molecule has 0 radical (unpaired) electrons. The predicted molar refractivity (Wildman–Crippen MR) is 100 cm³/mol. The van der Waals surface area contributed by atoms with Crippen molar-refractivity contribution in [1.29, 1.82) is 0 Å². The Balaban J connectivity index is 2.00. The minimum atomic E-state index is -0.463. The molecule has 2 aromatic carbocycles. The first-order chi connectivity index (χ1) is 12.6. The summed E-state index contributed by atoms with van der Waals surface area (Å²) < 4.78 is 0. The third-order valence-corrected chi connectivity index (χ3v) is 3.64. The van der Waals surface area contributed by atoms with Gasteiger partial charge in [0.05, 0.1) is 16.8 Å². The average molecular weight is 345 g/mol. The number of rotatable bonds is 5. The van der Waals surface area contributed by atoms with Crippen LogP contribution in [0.5, 0.6) is 0 Å². The molecule has 0 unspecified atom stereocenters. The summed E-state index contributed by atoms with van der Waals surface area (Å²) >= 11 is 0. The van der Waals surface area contributed by atoms with Crippen LogP contribution in [0, 0.1) is 10.1 Å². The standard InChI is InChI=1S/C20H15N3O3/c24-20(22-17-9-5-11-21-14-17)19(16-7-2-1-3-8-16)13-15-6-4-10-18(12-15)23(25)26/h1-14H,(H,22,24)/b19-13+. The van der Waals surface area contributed by atoms with Crippen molar-refractivity contribution < 1.29 is 9.72 Å². The van der Waals surface area contributed by atoms with Crippen LogP contribution in [0.1, 0.15) is 11.1 Å². The predicted octanol–water partition coefficient (Wildman–Crippen LogP) is 4.17. The number of non-ortho nitro benzene ring substituents is 1. The molecule has 0 spiro atoms. The molecule has 0 bridgehead atoms. The van der Waals surface area contributed by atoms with Crippen LogP contribution in [0.2, 0.25) is 0 Å². The monoisotopic (exact) mass is 345 g/mol. The molecule has 1 N–H and O–H groups in total. The summed E-state index contributed by atoms with van der Waals surface area (Å²) in [5.41, 5.74) is 2.21. The van der Waals surface area contributed by atoms with E-state index in [1.165, 1.54) is 12.1 Å². The van der Waals surface area contributed by atoms with E-state index in [0.29, 0.717) is 22.4 Å². The molecule has 3 aromatic rings. The lowest BCUT2D eigenvalue weighted by atomic mass is 10.0. The van der Waals surface area contributed by atoms with Crippen molar-refractivity contribution in [1.82, 2.24) is 4.98 Å². The maximum absolute atomic E-state index is 12.8. The average Bonchev–Trinajstić information content (AvgIpc) is 2.67. The molecule has 1 heterocycles. The van der Waals surface area contributed by atoms with Crippen LogP contribution in [0.25, 0.3) is 11.6 Å². The van der Waals surface area contributed by atoms with E-state index in [2.05, 4.69) is 10.3 Å². The van der Waals surface area contributed by atoms with E-state index in [1.807, 2.05) is 30.3 Å². The van der Waals surface area contributed by atoms with Gasteiger partial charge in [-0.3, -0.25) is 19.9 Å². The molecule has 0 fully saturated rings. The van der Waals surface area contributed by atoms with Gasteiger partial charge in [0.1, 0.15) is 0 Å². The van der Waals surface area contributed by atoms with E-state index in [-0.39, 0.29) is 11.6 Å². The zero-order valence-corrected chi connectivity index (χ0v) is 13.7. The fourth-order valence-corrected chi connectivity index (χ4v) is 2.43. The fraction of sp³-hybridized carbons (Fsp3) is 0. The van der Waals surface area contributed by atoms with Gasteiger partial charge in [-0.2, -0.15) is 0 Å². The first-order valence-corrected chi connectivity index (χ1v) is 7.86. The molecule has 6 nitrogen and oxygen atoms in total. The highest BCUT2D eigenvalue weighted by atomic mass is 16.6. The van der Waals surface area contributed by atoms with Crippen LogP contribution < -0.4 is 5.32 Å². The topological polar surface area (TPSA) is 85.1 Å². The maximum Gasteiger partial charge on any atom is 0.270 e. The van der Waals surface area contributed by atoms with Crippen LogP contribution in [-0.4, -0.2) is 15.8 Å². The number of pyridine rings is 1. The summed E-state index contributed by atoms with van der Waals surface area (Å²) in [7, 11) is 0. The zero-order valence-electron chi connectivity index (χ0n) is 13.7. The number of hydrogen-bond donors (Lipinski definition) is 1. The molecule has 1 aromatic heterocycles. The summed E-state index contributed by atoms with van der Waals surface area (Å²) in [5.74, 6) is -0.323. The van der Waals surface area contributed by atoms with Gasteiger partial charge in [0.2, 0.25) is 0 Å². The maximum atomic E-state index is 12.8. The second-order valence-corrected chi connectivity index (χ2v) is 5.47. The number of nitro groups is 1. The Labute approximate surface area is 150 Å². The highest BCUT2D eigenvalue weighted by Crippen LogP contribution is 2.22. The number of nitrogens with one attached hydrogen (secondary N) is 1. The Morgan fingerprint density at radius 2 is 1.85 bits per heavy atom. The molecule has 128 valence electrons. The lowest BCUT2D eigenvalue weighted by Crippen LogP contribution is -2.13. The quantitative estimate of drug-likeness (QED) is 0.325. The molecular weight excluding hydrogens is 330 g/mol. The number of anilines is 1. The number of amides is 1. The van der Waals surface area contributed by atoms with Crippen molar-refractivity contribution in [2.24, 2.45) is 0 Å². The summed E-state index contributed by atoms with van der Waals surface area (Å²) in [6.07, 6.45) is 4.80. The first kappa shape index (κ1) is 17.0. The van der Waals surface area contributed by atoms with Crippen molar-refractivity contribution in [3.63, 3.8) is 0 Å². The van der Waals surface area contributed by atoms with Gasteiger partial charge in [-0.1, -0.05) is 42.5 Å². The summed E-state index contributed by atoms with van der Waals surface area (Å²) in [6, 6.07) is 18.7. The Morgan fingerprint density at radius 3 is 2.54 bits per heavy atom. The Hall–Kier alpha value is -3.80. The lowest BCUT2D eigenvalue weighted by Gasteiger charge is -2.09. The number of benzene rings is 2. The SMILES string of the molecule is O=C(Nc1cccnc1)/C(=C/c1cccc([N+](=O)[O-])c1)c1ccccc1. The number of nitro benzene ring substituents is 1. The lowest BCUT2D eigenvalue weighted by molar-refractivity contribution is -0.384. The largest absolute Gasteiger partial charge is 0.321 e. The molecule has 0 aliphatic heterocycles. The number of nitrogens with zero attached hydrogens (tertiary/aromatic N) is 2. The third kappa shape index (κ3) is 4.18. The minimum absolute atomic E-state index is 0.0289. The Kier molecular flexibility index (Phi) is 5.14. The normalized spacial score (nSPS) is 11.0. The minimum Gasteiger partial charge on any atom is -0.321 e. The molecule has 1 amide bonds. The van der Waals surface area contributed by atoms with Crippen LogP contribution >= 0.6 is 0 Å². The van der Waals surface area contributed by atoms with Crippen molar-refractivity contribution in [3.05, 3.63) is 100 Å². The molecule has 3 rings (SSSR count). The molecule has 0 aliphatic carbocycles. The molecule has 0 atom stereocenters. The van der Waals surface area contributed by atoms with Gasteiger partial charge < -0.3 is 5.32 Å². The molecular formula is C20H15N3O3. The highest BCUT2D eigenvalue weighted by molar-refractivity contribution is 6.29. The van der Waals surface area contributed by atoms with Crippen molar-refractivity contribution >= 4 is 28.9 Å². The molecule has 6 heteroatoms. The van der Waals surface area contributed by atoms with Crippen LogP contribution in [0.3, 0.4) is 0 Å². The van der Waals surface area contributed by atoms with Crippen LogP contribution in [0.15, 0.2) is 79.1 Å². The Bertz CT molecular complexity index is 954. The van der Waals surface area contributed by atoms with E-state index in [9.17, 15) is 14.9 Å². The van der Waals surface area contributed by atoms with E-state index >= 15 is 0 Å². The molecule has 26 heavy (non-hydrogen) atoms.